The third-order valence-corrected chi connectivity index (χ3v) is 4.33. The van der Waals surface area contributed by atoms with E-state index in [2.05, 4.69) is 5.32 Å². The van der Waals surface area contributed by atoms with Gasteiger partial charge in [0.2, 0.25) is 5.91 Å². The molecule has 108 valence electrons. The number of carbonyl (C=O) groups excluding carboxylic acids is 1. The van der Waals surface area contributed by atoms with Crippen LogP contribution >= 0.6 is 23.8 Å². The molecule has 2 rings (SSSR count). The standard InChI is InChI=1S/C15H19ClN2OS/c16-12-9-11(15(17)20)6-7-13(12)18-14(19)8-5-10-3-1-2-4-10/h6-7,9-10H,1-5,8H2,(H2,17,20)(H,18,19). The van der Waals surface area contributed by atoms with Crippen LogP contribution in [0.3, 0.4) is 0 Å². The van der Waals surface area contributed by atoms with Gasteiger partial charge >= 0.3 is 0 Å². The number of benzene rings is 1. The molecule has 20 heavy (non-hydrogen) atoms. The van der Waals surface area contributed by atoms with E-state index < -0.39 is 0 Å². The van der Waals surface area contributed by atoms with E-state index in [1.807, 2.05) is 0 Å². The highest BCUT2D eigenvalue weighted by molar-refractivity contribution is 7.80. The fraction of sp³-hybridized carbons (Fsp3) is 0.467. The van der Waals surface area contributed by atoms with Crippen molar-refractivity contribution < 1.29 is 4.79 Å². The Kier molecular flexibility index (Phi) is 5.38. The lowest BCUT2D eigenvalue weighted by Crippen LogP contribution is -2.14. The molecule has 0 saturated heterocycles. The van der Waals surface area contributed by atoms with Gasteiger partial charge in [-0.05, 0) is 30.5 Å². The SMILES string of the molecule is NC(=S)c1ccc(NC(=O)CCC2CCCC2)c(Cl)c1. The molecule has 3 nitrogen and oxygen atoms in total. The first-order valence-corrected chi connectivity index (χ1v) is 7.74. The van der Waals surface area contributed by atoms with Crippen LogP contribution in [0.4, 0.5) is 5.69 Å². The fourth-order valence-electron chi connectivity index (χ4n) is 2.62. The Morgan fingerprint density at radius 1 is 1.40 bits per heavy atom. The van der Waals surface area contributed by atoms with Crippen molar-refractivity contribution in [3.63, 3.8) is 0 Å². The van der Waals surface area contributed by atoms with Crippen LogP contribution in [0, 0.1) is 5.92 Å². The average molecular weight is 311 g/mol. The van der Waals surface area contributed by atoms with E-state index in [1.54, 1.807) is 18.2 Å². The van der Waals surface area contributed by atoms with Crippen LogP contribution in [-0.4, -0.2) is 10.9 Å². The van der Waals surface area contributed by atoms with E-state index in [0.717, 1.165) is 6.42 Å². The average Bonchev–Trinajstić information content (AvgIpc) is 2.91. The molecule has 1 aliphatic carbocycles. The van der Waals surface area contributed by atoms with Crippen molar-refractivity contribution in [3.8, 4) is 0 Å². The number of rotatable bonds is 5. The quantitative estimate of drug-likeness (QED) is 0.811. The molecule has 3 N–H and O–H groups in total. The summed E-state index contributed by atoms with van der Waals surface area (Å²) in [5.41, 5.74) is 6.85. The second kappa shape index (κ2) is 7.04. The number of nitrogens with one attached hydrogen (secondary N) is 1. The molecule has 0 aromatic heterocycles. The summed E-state index contributed by atoms with van der Waals surface area (Å²) in [6.07, 6.45) is 6.65. The maximum Gasteiger partial charge on any atom is 0.224 e. The van der Waals surface area contributed by atoms with Gasteiger partial charge in [0.15, 0.2) is 0 Å². The van der Waals surface area contributed by atoms with Crippen LogP contribution in [0.25, 0.3) is 0 Å². The van der Waals surface area contributed by atoms with E-state index in [4.69, 9.17) is 29.6 Å². The maximum atomic E-state index is 11.9. The minimum absolute atomic E-state index is 0.0156. The monoisotopic (exact) mass is 310 g/mol. The molecule has 1 amide bonds. The lowest BCUT2D eigenvalue weighted by Gasteiger charge is -2.11. The highest BCUT2D eigenvalue weighted by atomic mass is 35.5. The summed E-state index contributed by atoms with van der Waals surface area (Å²) in [7, 11) is 0. The van der Waals surface area contributed by atoms with Crippen LogP contribution in [0.2, 0.25) is 5.02 Å². The lowest BCUT2D eigenvalue weighted by molar-refractivity contribution is -0.116. The molecule has 0 radical (unpaired) electrons. The highest BCUT2D eigenvalue weighted by Gasteiger charge is 2.16. The van der Waals surface area contributed by atoms with E-state index in [-0.39, 0.29) is 5.91 Å². The van der Waals surface area contributed by atoms with E-state index in [1.165, 1.54) is 25.7 Å². The molecular weight excluding hydrogens is 292 g/mol. The van der Waals surface area contributed by atoms with Gasteiger partial charge < -0.3 is 11.1 Å². The van der Waals surface area contributed by atoms with Gasteiger partial charge in [-0.15, -0.1) is 0 Å². The van der Waals surface area contributed by atoms with E-state index >= 15 is 0 Å². The van der Waals surface area contributed by atoms with Gasteiger partial charge in [-0.2, -0.15) is 0 Å². The van der Waals surface area contributed by atoms with Crippen molar-refractivity contribution in [1.29, 1.82) is 0 Å². The molecule has 1 aromatic carbocycles. The molecule has 0 spiro atoms. The second-order valence-electron chi connectivity index (χ2n) is 5.30. The Bertz CT molecular complexity index is 513. The Balaban J connectivity index is 1.88. The van der Waals surface area contributed by atoms with Crippen molar-refractivity contribution in [2.75, 3.05) is 5.32 Å². The first-order chi connectivity index (χ1) is 9.56. The van der Waals surface area contributed by atoms with Crippen molar-refractivity contribution in [2.45, 2.75) is 38.5 Å². The number of halogens is 1. The molecule has 1 aromatic rings. The van der Waals surface area contributed by atoms with Gasteiger partial charge in [0.05, 0.1) is 10.7 Å². The topological polar surface area (TPSA) is 55.1 Å². The summed E-state index contributed by atoms with van der Waals surface area (Å²) < 4.78 is 0. The van der Waals surface area contributed by atoms with Crippen molar-refractivity contribution in [3.05, 3.63) is 28.8 Å². The predicted molar refractivity (Wildman–Crippen MR) is 87.2 cm³/mol. The molecule has 0 heterocycles. The molecule has 1 aliphatic rings. The van der Waals surface area contributed by atoms with Crippen molar-refractivity contribution in [1.82, 2.24) is 0 Å². The normalized spacial score (nSPS) is 15.2. The Morgan fingerprint density at radius 3 is 2.70 bits per heavy atom. The Labute approximate surface area is 129 Å². The number of hydrogen-bond acceptors (Lipinski definition) is 2. The molecular formula is C15H19ClN2OS. The smallest absolute Gasteiger partial charge is 0.224 e. The van der Waals surface area contributed by atoms with Crippen LogP contribution in [0.1, 0.15) is 44.1 Å². The zero-order valence-electron chi connectivity index (χ0n) is 11.3. The number of nitrogens with two attached hydrogens (primary N) is 1. The molecule has 1 fully saturated rings. The highest BCUT2D eigenvalue weighted by Crippen LogP contribution is 2.29. The van der Waals surface area contributed by atoms with Crippen LogP contribution in [0.15, 0.2) is 18.2 Å². The number of carbonyl (C=O) groups is 1. The fourth-order valence-corrected chi connectivity index (χ4v) is 2.97. The molecule has 0 unspecified atom stereocenters. The summed E-state index contributed by atoms with van der Waals surface area (Å²) in [4.78, 5) is 12.2. The van der Waals surface area contributed by atoms with Gasteiger partial charge in [0.1, 0.15) is 4.99 Å². The van der Waals surface area contributed by atoms with Gasteiger partial charge in [-0.1, -0.05) is 49.5 Å². The second-order valence-corrected chi connectivity index (χ2v) is 6.14. The van der Waals surface area contributed by atoms with E-state index in [0.29, 0.717) is 33.6 Å². The zero-order valence-corrected chi connectivity index (χ0v) is 12.9. The molecule has 5 heteroatoms. The third kappa shape index (κ3) is 4.18. The molecule has 0 bridgehead atoms. The lowest BCUT2D eigenvalue weighted by atomic mass is 10.0. The summed E-state index contributed by atoms with van der Waals surface area (Å²) in [5, 5.41) is 3.31. The van der Waals surface area contributed by atoms with Gasteiger partial charge in [0, 0.05) is 12.0 Å². The number of anilines is 1. The minimum atomic E-state index is 0.0156. The summed E-state index contributed by atoms with van der Waals surface area (Å²) >= 11 is 11.0. The summed E-state index contributed by atoms with van der Waals surface area (Å²) in [6.45, 7) is 0. The van der Waals surface area contributed by atoms with Crippen molar-refractivity contribution in [2.24, 2.45) is 11.7 Å². The van der Waals surface area contributed by atoms with Crippen LogP contribution < -0.4 is 11.1 Å². The van der Waals surface area contributed by atoms with Gasteiger partial charge in [-0.25, -0.2) is 0 Å². The van der Waals surface area contributed by atoms with Crippen molar-refractivity contribution >= 4 is 40.4 Å². The van der Waals surface area contributed by atoms with Gasteiger partial charge in [-0.3, -0.25) is 4.79 Å². The number of amides is 1. The summed E-state index contributed by atoms with van der Waals surface area (Å²) in [5.74, 6) is 0.732. The van der Waals surface area contributed by atoms with E-state index in [9.17, 15) is 4.79 Å². The largest absolute Gasteiger partial charge is 0.389 e. The Hall–Kier alpha value is -1.13. The van der Waals surface area contributed by atoms with Gasteiger partial charge in [0.25, 0.3) is 0 Å². The third-order valence-electron chi connectivity index (χ3n) is 3.78. The maximum absolute atomic E-state index is 11.9. The van der Waals surface area contributed by atoms with Crippen LogP contribution in [0.5, 0.6) is 0 Å². The summed E-state index contributed by atoms with van der Waals surface area (Å²) in [6, 6.07) is 5.18. The predicted octanol–water partition coefficient (Wildman–Crippen LogP) is 3.88. The first kappa shape index (κ1) is 15.3. The molecule has 0 aliphatic heterocycles. The molecule has 1 saturated carbocycles. The zero-order chi connectivity index (χ0) is 14.5. The number of hydrogen-bond donors (Lipinski definition) is 2. The Morgan fingerprint density at radius 2 is 2.10 bits per heavy atom. The molecule has 0 atom stereocenters. The minimum Gasteiger partial charge on any atom is -0.389 e. The first-order valence-electron chi connectivity index (χ1n) is 6.95. The number of thiocarbonyl (C=S) groups is 1. The van der Waals surface area contributed by atoms with Crippen LogP contribution in [-0.2, 0) is 4.79 Å².